The smallest absolute Gasteiger partial charge is 0.270 e. The zero-order valence-corrected chi connectivity index (χ0v) is 11.1. The average molecular weight is 279 g/mol. The first-order valence-corrected chi connectivity index (χ1v) is 6.06. The van der Waals surface area contributed by atoms with E-state index in [1.165, 1.54) is 0 Å². The van der Waals surface area contributed by atoms with Crippen LogP contribution >= 0.6 is 0 Å². The Morgan fingerprint density at radius 2 is 2.10 bits per heavy atom. The summed E-state index contributed by atoms with van der Waals surface area (Å²) in [7, 11) is 0. The molecule has 0 fully saturated rings. The van der Waals surface area contributed by atoms with Crippen molar-refractivity contribution >= 4 is 11.6 Å². The van der Waals surface area contributed by atoms with Gasteiger partial charge in [-0.05, 0) is 18.9 Å². The van der Waals surface area contributed by atoms with E-state index in [2.05, 4.69) is 5.32 Å². The number of nitro groups is 1. The fourth-order valence-electron chi connectivity index (χ4n) is 1.70. The molecule has 1 aromatic rings. The fraction of sp³-hybridized carbons (Fsp3) is 0.385. The topological polar surface area (TPSA) is 96.0 Å². The fourth-order valence-corrected chi connectivity index (χ4v) is 1.70. The number of nitrogens with one attached hydrogen (secondary N) is 1. The highest BCUT2D eigenvalue weighted by Crippen LogP contribution is 2.19. The molecular formula is C13H14FN3O3. The van der Waals surface area contributed by atoms with E-state index in [4.69, 9.17) is 5.26 Å². The highest BCUT2D eigenvalue weighted by Gasteiger charge is 2.29. The Bertz CT molecular complexity index is 577. The molecular weight excluding hydrogens is 265 g/mol. The van der Waals surface area contributed by atoms with Gasteiger partial charge in [-0.1, -0.05) is 13.8 Å². The minimum Gasteiger partial charge on any atom is -0.334 e. The van der Waals surface area contributed by atoms with Crippen LogP contribution in [0.5, 0.6) is 0 Å². The number of hydrogen-bond donors (Lipinski definition) is 1. The number of nitriles is 1. The number of non-ortho nitro benzene ring substituents is 1. The van der Waals surface area contributed by atoms with E-state index in [-0.39, 0.29) is 5.69 Å². The van der Waals surface area contributed by atoms with Gasteiger partial charge in [-0.15, -0.1) is 0 Å². The van der Waals surface area contributed by atoms with Gasteiger partial charge in [-0.25, -0.2) is 4.39 Å². The van der Waals surface area contributed by atoms with Crippen molar-refractivity contribution in [3.63, 3.8) is 0 Å². The van der Waals surface area contributed by atoms with Crippen molar-refractivity contribution in [1.29, 1.82) is 5.26 Å². The number of benzene rings is 1. The van der Waals surface area contributed by atoms with E-state index in [1.54, 1.807) is 13.8 Å². The molecule has 1 rings (SSSR count). The summed E-state index contributed by atoms with van der Waals surface area (Å²) >= 11 is 0. The van der Waals surface area contributed by atoms with Crippen LogP contribution in [0.3, 0.4) is 0 Å². The lowest BCUT2D eigenvalue weighted by atomic mass is 9.94. The maximum absolute atomic E-state index is 13.6. The summed E-state index contributed by atoms with van der Waals surface area (Å²) < 4.78 is 13.6. The molecule has 0 aliphatic heterocycles. The number of nitrogens with zero attached hydrogens (tertiary/aromatic N) is 2. The normalized spacial score (nSPS) is 10.7. The second-order valence-corrected chi connectivity index (χ2v) is 4.28. The van der Waals surface area contributed by atoms with Gasteiger partial charge in [0.2, 0.25) is 0 Å². The summed E-state index contributed by atoms with van der Waals surface area (Å²) in [5, 5.41) is 22.2. The van der Waals surface area contributed by atoms with Crippen molar-refractivity contribution < 1.29 is 14.1 Å². The molecule has 0 aliphatic rings. The van der Waals surface area contributed by atoms with Crippen LogP contribution < -0.4 is 5.32 Å². The van der Waals surface area contributed by atoms with E-state index in [0.29, 0.717) is 12.8 Å². The maximum Gasteiger partial charge on any atom is 0.270 e. The number of carbonyl (C=O) groups excluding carboxylic acids is 1. The Kier molecular flexibility index (Phi) is 4.75. The van der Waals surface area contributed by atoms with Crippen molar-refractivity contribution in [1.82, 2.24) is 5.32 Å². The summed E-state index contributed by atoms with van der Waals surface area (Å²) in [6.45, 7) is 3.44. The number of halogens is 1. The molecule has 0 saturated carbocycles. The minimum absolute atomic E-state index is 0.349. The number of nitro benzene ring substituents is 1. The minimum atomic E-state index is -1.10. The first kappa shape index (κ1) is 15.6. The molecule has 6 nitrogen and oxygen atoms in total. The molecule has 0 aliphatic carbocycles. The Balaban J connectivity index is 3.13. The predicted molar refractivity (Wildman–Crippen MR) is 69.4 cm³/mol. The van der Waals surface area contributed by atoms with Crippen LogP contribution in [0.2, 0.25) is 0 Å². The summed E-state index contributed by atoms with van der Waals surface area (Å²) in [4.78, 5) is 21.9. The van der Waals surface area contributed by atoms with E-state index in [0.717, 1.165) is 18.2 Å². The third-order valence-corrected chi connectivity index (χ3v) is 3.18. The van der Waals surface area contributed by atoms with Crippen LogP contribution in [0.4, 0.5) is 10.1 Å². The average Bonchev–Trinajstić information content (AvgIpc) is 2.45. The third kappa shape index (κ3) is 3.09. The van der Waals surface area contributed by atoms with Gasteiger partial charge in [0.05, 0.1) is 16.6 Å². The largest absolute Gasteiger partial charge is 0.334 e. The first-order chi connectivity index (χ1) is 9.39. The third-order valence-electron chi connectivity index (χ3n) is 3.18. The van der Waals surface area contributed by atoms with Crippen LogP contribution in [0.25, 0.3) is 0 Å². The van der Waals surface area contributed by atoms with Crippen LogP contribution in [-0.4, -0.2) is 16.4 Å². The van der Waals surface area contributed by atoms with Gasteiger partial charge in [0.1, 0.15) is 11.4 Å². The quantitative estimate of drug-likeness (QED) is 0.661. The zero-order valence-electron chi connectivity index (χ0n) is 11.1. The van der Waals surface area contributed by atoms with Crippen molar-refractivity contribution in [2.24, 2.45) is 0 Å². The van der Waals surface area contributed by atoms with E-state index in [1.807, 2.05) is 6.07 Å². The number of rotatable bonds is 5. The van der Waals surface area contributed by atoms with Crippen molar-refractivity contribution in [3.8, 4) is 6.07 Å². The number of carbonyl (C=O) groups is 1. The molecule has 106 valence electrons. The molecule has 0 saturated heterocycles. The lowest BCUT2D eigenvalue weighted by molar-refractivity contribution is -0.384. The van der Waals surface area contributed by atoms with Crippen molar-refractivity contribution in [2.75, 3.05) is 0 Å². The van der Waals surface area contributed by atoms with Crippen LogP contribution in [-0.2, 0) is 0 Å². The lowest BCUT2D eigenvalue weighted by Gasteiger charge is -2.24. The van der Waals surface area contributed by atoms with Gasteiger partial charge in [0, 0.05) is 12.1 Å². The number of hydrogen-bond acceptors (Lipinski definition) is 4. The van der Waals surface area contributed by atoms with Gasteiger partial charge in [0.25, 0.3) is 11.6 Å². The molecule has 0 aromatic heterocycles. The monoisotopic (exact) mass is 279 g/mol. The molecule has 0 spiro atoms. The van der Waals surface area contributed by atoms with Crippen molar-refractivity contribution in [2.45, 2.75) is 32.2 Å². The number of amides is 1. The molecule has 0 bridgehead atoms. The SMILES string of the molecule is CCC(C#N)(CC)NC(=O)c1cc([N+](=O)[O-])ccc1F. The second-order valence-electron chi connectivity index (χ2n) is 4.28. The van der Waals surface area contributed by atoms with Gasteiger partial charge in [-0.3, -0.25) is 14.9 Å². The molecule has 1 amide bonds. The summed E-state index contributed by atoms with van der Waals surface area (Å²) in [5.74, 6) is -1.71. The highest BCUT2D eigenvalue weighted by atomic mass is 19.1. The predicted octanol–water partition coefficient (Wildman–Crippen LogP) is 2.55. The van der Waals surface area contributed by atoms with Crippen LogP contribution in [0, 0.1) is 27.3 Å². The first-order valence-electron chi connectivity index (χ1n) is 6.06. The molecule has 0 heterocycles. The lowest BCUT2D eigenvalue weighted by Crippen LogP contribution is -2.46. The van der Waals surface area contributed by atoms with Crippen LogP contribution in [0.15, 0.2) is 18.2 Å². The second kappa shape index (κ2) is 6.10. The maximum atomic E-state index is 13.6. The van der Waals surface area contributed by atoms with Crippen molar-refractivity contribution in [3.05, 3.63) is 39.7 Å². The Morgan fingerprint density at radius 3 is 2.55 bits per heavy atom. The van der Waals surface area contributed by atoms with Crippen LogP contribution in [0.1, 0.15) is 37.0 Å². The highest BCUT2D eigenvalue weighted by molar-refractivity contribution is 5.95. The molecule has 7 heteroatoms. The molecule has 0 unspecified atom stereocenters. The van der Waals surface area contributed by atoms with Gasteiger partial charge in [0.15, 0.2) is 0 Å². The van der Waals surface area contributed by atoms with Gasteiger partial charge < -0.3 is 5.32 Å². The van der Waals surface area contributed by atoms with Gasteiger partial charge >= 0.3 is 0 Å². The molecule has 1 N–H and O–H groups in total. The summed E-state index contributed by atoms with van der Waals surface area (Å²) in [6, 6.07) is 4.68. The van der Waals surface area contributed by atoms with E-state index >= 15 is 0 Å². The Hall–Kier alpha value is -2.49. The Labute approximate surface area is 115 Å². The molecule has 0 radical (unpaired) electrons. The standard InChI is InChI=1S/C13H14FN3O3/c1-3-13(4-2,8-15)16-12(18)10-7-9(17(19)20)5-6-11(10)14/h5-7H,3-4H2,1-2H3,(H,16,18). The van der Waals surface area contributed by atoms with E-state index in [9.17, 15) is 19.3 Å². The summed E-state index contributed by atoms with van der Waals surface area (Å²) in [5.41, 5.74) is -1.93. The zero-order chi connectivity index (χ0) is 15.3. The molecule has 0 atom stereocenters. The summed E-state index contributed by atoms with van der Waals surface area (Å²) in [6.07, 6.45) is 0.699. The van der Waals surface area contributed by atoms with E-state index < -0.39 is 27.8 Å². The molecule has 20 heavy (non-hydrogen) atoms. The molecule has 1 aromatic carbocycles. The Morgan fingerprint density at radius 1 is 1.50 bits per heavy atom. The van der Waals surface area contributed by atoms with Gasteiger partial charge in [-0.2, -0.15) is 5.26 Å².